The fourth-order valence-corrected chi connectivity index (χ4v) is 2.73. The van der Waals surface area contributed by atoms with Gasteiger partial charge in [-0.05, 0) is 37.0 Å². The van der Waals surface area contributed by atoms with Crippen molar-refractivity contribution in [2.45, 2.75) is 34.1 Å². The van der Waals surface area contributed by atoms with Crippen molar-refractivity contribution < 1.29 is 9.53 Å². The lowest BCUT2D eigenvalue weighted by molar-refractivity contribution is -0.128. The molecule has 3 rings (SSSR count). The number of anilines is 1. The van der Waals surface area contributed by atoms with E-state index in [0.29, 0.717) is 5.92 Å². The molecule has 1 atom stereocenters. The average Bonchev–Trinajstić information content (AvgIpc) is 3.09. The van der Waals surface area contributed by atoms with Crippen LogP contribution in [0.3, 0.4) is 0 Å². The van der Waals surface area contributed by atoms with E-state index in [1.807, 2.05) is 57.2 Å². The van der Waals surface area contributed by atoms with E-state index in [-0.39, 0.29) is 5.88 Å². The van der Waals surface area contributed by atoms with Gasteiger partial charge in [-0.25, -0.2) is 4.79 Å². The lowest BCUT2D eigenvalue weighted by Gasteiger charge is -2.17. The minimum Gasteiger partial charge on any atom is -0.398 e. The molecule has 2 aromatic rings. The van der Waals surface area contributed by atoms with Crippen molar-refractivity contribution >= 4 is 11.8 Å². The summed E-state index contributed by atoms with van der Waals surface area (Å²) < 4.78 is 5.25. The number of rotatable bonds is 2. The summed E-state index contributed by atoms with van der Waals surface area (Å²) in [5.74, 6) is 6.56. The van der Waals surface area contributed by atoms with Gasteiger partial charge in [0, 0.05) is 30.6 Å². The Labute approximate surface area is 156 Å². The first-order valence-corrected chi connectivity index (χ1v) is 9.13. The maximum atomic E-state index is 11.9. The van der Waals surface area contributed by atoms with E-state index in [0.717, 1.165) is 36.5 Å². The quantitative estimate of drug-likeness (QED) is 0.601. The Morgan fingerprint density at radius 1 is 1.19 bits per heavy atom. The number of carbonyl (C=O) groups is 1. The summed E-state index contributed by atoms with van der Waals surface area (Å²) in [7, 11) is 0. The number of hydrogen-bond donors (Lipinski definition) is 0. The van der Waals surface area contributed by atoms with E-state index in [1.54, 1.807) is 6.07 Å². The molecule has 4 nitrogen and oxygen atoms in total. The molecule has 1 fully saturated rings. The molecule has 1 aliphatic rings. The minimum atomic E-state index is -0.599. The van der Waals surface area contributed by atoms with Crippen LogP contribution in [0.2, 0.25) is 0 Å². The lowest BCUT2D eigenvalue weighted by atomic mass is 10.1. The lowest BCUT2D eigenvalue weighted by Crippen LogP contribution is -2.20. The molecule has 1 aromatic heterocycles. The monoisotopic (exact) mass is 350 g/mol. The highest BCUT2D eigenvalue weighted by atomic mass is 16.5. The number of ether oxygens (including phenoxy) is 1. The first-order valence-electron chi connectivity index (χ1n) is 9.13. The number of carbonyl (C=O) groups excluding carboxylic acids is 1. The van der Waals surface area contributed by atoms with E-state index in [2.05, 4.69) is 28.6 Å². The number of benzene rings is 1. The molecule has 0 bridgehead atoms. The van der Waals surface area contributed by atoms with Gasteiger partial charge in [0.2, 0.25) is 5.88 Å². The largest absolute Gasteiger partial charge is 0.398 e. The number of hydrogen-bond acceptors (Lipinski definition) is 4. The van der Waals surface area contributed by atoms with Crippen molar-refractivity contribution in [3.8, 4) is 17.7 Å². The predicted molar refractivity (Wildman–Crippen MR) is 105 cm³/mol. The van der Waals surface area contributed by atoms with Gasteiger partial charge in [0.15, 0.2) is 0 Å². The first kappa shape index (κ1) is 19.5. The molecule has 0 spiro atoms. The molecule has 136 valence electrons. The highest BCUT2D eigenvalue weighted by molar-refractivity contribution is 5.90. The van der Waals surface area contributed by atoms with E-state index in [9.17, 15) is 4.79 Å². The van der Waals surface area contributed by atoms with Crippen LogP contribution in [0.1, 0.15) is 38.3 Å². The second-order valence-corrected chi connectivity index (χ2v) is 6.13. The molecular formula is C22H26N2O2. The zero-order valence-corrected chi connectivity index (χ0v) is 16.0. The van der Waals surface area contributed by atoms with Gasteiger partial charge in [-0.1, -0.05) is 51.0 Å². The minimum absolute atomic E-state index is 0.288. The van der Waals surface area contributed by atoms with Gasteiger partial charge in [0.05, 0.1) is 0 Å². The van der Waals surface area contributed by atoms with Gasteiger partial charge in [0.25, 0.3) is 0 Å². The third-order valence-electron chi connectivity index (χ3n) is 4.10. The third-order valence-corrected chi connectivity index (χ3v) is 4.10. The van der Waals surface area contributed by atoms with Gasteiger partial charge in [0.1, 0.15) is 5.82 Å². The van der Waals surface area contributed by atoms with Crippen LogP contribution in [0.15, 0.2) is 42.5 Å². The van der Waals surface area contributed by atoms with Crippen molar-refractivity contribution in [2.24, 2.45) is 5.92 Å². The maximum absolute atomic E-state index is 11.9. The Morgan fingerprint density at radius 3 is 2.65 bits per heavy atom. The normalized spacial score (nSPS) is 15.4. The zero-order valence-electron chi connectivity index (χ0n) is 16.0. The molecule has 26 heavy (non-hydrogen) atoms. The third kappa shape index (κ3) is 5.35. The fourth-order valence-electron chi connectivity index (χ4n) is 2.73. The fraction of sp³-hybridized carbons (Fsp3) is 0.364. The van der Waals surface area contributed by atoms with Crippen molar-refractivity contribution in [3.05, 3.63) is 53.6 Å². The van der Waals surface area contributed by atoms with E-state index in [1.165, 1.54) is 0 Å². The van der Waals surface area contributed by atoms with Crippen LogP contribution >= 0.6 is 0 Å². The summed E-state index contributed by atoms with van der Waals surface area (Å²) in [6.45, 7) is 10.2. The molecule has 0 radical (unpaired) electrons. The van der Waals surface area contributed by atoms with Crippen LogP contribution in [0.5, 0.6) is 5.88 Å². The number of pyridine rings is 1. The van der Waals surface area contributed by atoms with Gasteiger partial charge in [-0.15, -0.1) is 0 Å². The predicted octanol–water partition coefficient (Wildman–Crippen LogP) is 4.22. The maximum Gasteiger partial charge on any atom is 0.391 e. The molecule has 2 heterocycles. The summed E-state index contributed by atoms with van der Waals surface area (Å²) in [6.07, 6.45) is 1.16. The summed E-state index contributed by atoms with van der Waals surface area (Å²) in [5, 5.41) is 0. The Hall–Kier alpha value is -2.80. The summed E-state index contributed by atoms with van der Waals surface area (Å²) in [6, 6.07) is 13.1. The van der Waals surface area contributed by atoms with Gasteiger partial charge < -0.3 is 9.64 Å². The van der Waals surface area contributed by atoms with Crippen molar-refractivity contribution in [3.63, 3.8) is 0 Å². The highest BCUT2D eigenvalue weighted by Crippen LogP contribution is 2.23. The molecule has 0 aliphatic carbocycles. The Morgan fingerprint density at radius 2 is 1.96 bits per heavy atom. The van der Waals surface area contributed by atoms with Crippen LogP contribution < -0.4 is 9.64 Å². The second kappa shape index (κ2) is 9.62. The topological polar surface area (TPSA) is 42.4 Å². The number of aromatic nitrogens is 1. The van der Waals surface area contributed by atoms with Gasteiger partial charge in [-0.3, -0.25) is 0 Å². The SMILES string of the molecule is CC.Cc1ccccc1C#CC(=O)Oc1cccc(N2CCC(C)C2)n1. The summed E-state index contributed by atoms with van der Waals surface area (Å²) >= 11 is 0. The second-order valence-electron chi connectivity index (χ2n) is 6.13. The average molecular weight is 350 g/mol. The van der Waals surface area contributed by atoms with E-state index < -0.39 is 5.97 Å². The Bertz CT molecular complexity index is 805. The van der Waals surface area contributed by atoms with Crippen LogP contribution in [-0.4, -0.2) is 24.0 Å². The van der Waals surface area contributed by atoms with Crippen LogP contribution in [-0.2, 0) is 4.79 Å². The molecule has 1 saturated heterocycles. The molecule has 1 aliphatic heterocycles. The highest BCUT2D eigenvalue weighted by Gasteiger charge is 2.20. The molecule has 4 heteroatoms. The van der Waals surface area contributed by atoms with Gasteiger partial charge in [-0.2, -0.15) is 4.98 Å². The van der Waals surface area contributed by atoms with Crippen LogP contribution in [0.25, 0.3) is 0 Å². The van der Waals surface area contributed by atoms with E-state index >= 15 is 0 Å². The van der Waals surface area contributed by atoms with Crippen molar-refractivity contribution in [1.82, 2.24) is 4.98 Å². The van der Waals surface area contributed by atoms with Crippen molar-refractivity contribution in [2.75, 3.05) is 18.0 Å². The Balaban J connectivity index is 0.00000117. The first-order chi connectivity index (χ1) is 12.6. The molecule has 0 amide bonds. The van der Waals surface area contributed by atoms with Crippen LogP contribution in [0, 0.1) is 24.7 Å². The van der Waals surface area contributed by atoms with Crippen LogP contribution in [0.4, 0.5) is 5.82 Å². The number of aryl methyl sites for hydroxylation is 1. The van der Waals surface area contributed by atoms with Gasteiger partial charge >= 0.3 is 5.97 Å². The molecule has 0 N–H and O–H groups in total. The molecule has 1 aromatic carbocycles. The number of nitrogens with zero attached hydrogens (tertiary/aromatic N) is 2. The summed E-state index contributed by atoms with van der Waals surface area (Å²) in [4.78, 5) is 18.6. The zero-order chi connectivity index (χ0) is 18.9. The molecule has 1 unspecified atom stereocenters. The smallest absolute Gasteiger partial charge is 0.391 e. The standard InChI is InChI=1S/C20H20N2O2.C2H6/c1-15-12-13-22(14-15)18-8-5-9-19(21-18)24-20(23)11-10-17-7-4-3-6-16(17)2;1-2/h3-9,15H,12-14H2,1-2H3;1-2H3. The Kier molecular flexibility index (Phi) is 7.23. The molecule has 0 saturated carbocycles. The van der Waals surface area contributed by atoms with Crippen molar-refractivity contribution in [1.29, 1.82) is 0 Å². The number of esters is 1. The molecular weight excluding hydrogens is 324 g/mol. The van der Waals surface area contributed by atoms with E-state index in [4.69, 9.17) is 4.74 Å². The summed E-state index contributed by atoms with van der Waals surface area (Å²) in [5.41, 5.74) is 1.85.